The molecule has 2 aromatic heterocycles. The van der Waals surface area contributed by atoms with E-state index in [0.717, 1.165) is 48.6 Å². The van der Waals surface area contributed by atoms with Gasteiger partial charge in [-0.3, -0.25) is 0 Å². The van der Waals surface area contributed by atoms with Crippen molar-refractivity contribution in [2.45, 2.75) is 0 Å². The summed E-state index contributed by atoms with van der Waals surface area (Å²) in [5.74, 6) is 0.633. The smallest absolute Gasteiger partial charge is 0.227 e. The second-order valence-electron chi connectivity index (χ2n) is 7.08. The van der Waals surface area contributed by atoms with E-state index in [4.69, 9.17) is 14.4 Å². The molecule has 0 aliphatic carbocycles. The highest BCUT2D eigenvalue weighted by Gasteiger charge is 2.16. The average molecular weight is 404 g/mol. The summed E-state index contributed by atoms with van der Waals surface area (Å²) in [4.78, 5) is 9.71. The van der Waals surface area contributed by atoms with Crippen molar-refractivity contribution < 1.29 is 4.42 Å². The predicted molar refractivity (Wildman–Crippen MR) is 123 cm³/mol. The molecule has 4 heteroatoms. The predicted octanol–water partition coefficient (Wildman–Crippen LogP) is 7.44. The van der Waals surface area contributed by atoms with Gasteiger partial charge in [0, 0.05) is 22.3 Å². The normalized spacial score (nSPS) is 11.3. The number of oxazole rings is 1. The van der Waals surface area contributed by atoms with Gasteiger partial charge in [0.05, 0.1) is 10.2 Å². The van der Waals surface area contributed by atoms with E-state index in [1.807, 2.05) is 60.7 Å². The summed E-state index contributed by atoms with van der Waals surface area (Å²) in [5, 5.41) is 1.02. The summed E-state index contributed by atoms with van der Waals surface area (Å²) in [6, 6.07) is 32.7. The van der Waals surface area contributed by atoms with Crippen LogP contribution < -0.4 is 0 Å². The molecule has 0 unspecified atom stereocenters. The van der Waals surface area contributed by atoms with Gasteiger partial charge in [0.25, 0.3) is 0 Å². The van der Waals surface area contributed by atoms with Crippen LogP contribution in [-0.4, -0.2) is 9.97 Å². The van der Waals surface area contributed by atoms with Crippen LogP contribution in [-0.2, 0) is 0 Å². The third-order valence-electron chi connectivity index (χ3n) is 5.17. The molecule has 6 rings (SSSR count). The number of nitrogens with zero attached hydrogens (tertiary/aromatic N) is 2. The van der Waals surface area contributed by atoms with Crippen LogP contribution in [0, 0.1) is 0 Å². The van der Waals surface area contributed by atoms with Crippen molar-refractivity contribution in [1.29, 1.82) is 0 Å². The van der Waals surface area contributed by atoms with Gasteiger partial charge >= 0.3 is 0 Å². The average Bonchev–Trinajstić information content (AvgIpc) is 3.44. The Morgan fingerprint density at radius 2 is 1.30 bits per heavy atom. The Balaban J connectivity index is 1.55. The summed E-state index contributed by atoms with van der Waals surface area (Å²) in [6.45, 7) is 0. The molecule has 2 heterocycles. The number of rotatable bonds is 3. The second-order valence-corrected chi connectivity index (χ2v) is 8.11. The van der Waals surface area contributed by atoms with Crippen LogP contribution in [0.15, 0.2) is 101 Å². The largest absolute Gasteiger partial charge is 0.435 e. The first kappa shape index (κ1) is 17.1. The van der Waals surface area contributed by atoms with E-state index in [-0.39, 0.29) is 0 Å². The van der Waals surface area contributed by atoms with Crippen molar-refractivity contribution in [3.63, 3.8) is 0 Å². The van der Waals surface area contributed by atoms with Crippen molar-refractivity contribution in [1.82, 2.24) is 9.97 Å². The minimum absolute atomic E-state index is 0.633. The number of para-hydroxylation sites is 2. The highest BCUT2D eigenvalue weighted by molar-refractivity contribution is 7.21. The summed E-state index contributed by atoms with van der Waals surface area (Å²) in [5.41, 5.74) is 6.81. The topological polar surface area (TPSA) is 38.9 Å². The molecule has 0 saturated heterocycles. The molecule has 3 nitrogen and oxygen atoms in total. The quantitative estimate of drug-likeness (QED) is 0.308. The van der Waals surface area contributed by atoms with Gasteiger partial charge in [-0.25, -0.2) is 9.97 Å². The number of hydrogen-bond acceptors (Lipinski definition) is 4. The number of thiazole rings is 1. The standard InChI is InChI=1S/C26H16N2OS/c1-3-9-17(10-4-1)25-27-21-15-7-14-20(24(21)29-25)19-13-8-16-22-23(19)28-26(30-22)18-11-5-2-6-12-18/h1-16H. The van der Waals surface area contributed by atoms with Gasteiger partial charge in [-0.05, 0) is 24.3 Å². The molecular weight excluding hydrogens is 388 g/mol. The monoisotopic (exact) mass is 404 g/mol. The van der Waals surface area contributed by atoms with Crippen molar-refractivity contribution in [3.05, 3.63) is 97.1 Å². The molecule has 142 valence electrons. The molecule has 0 aliphatic rings. The highest BCUT2D eigenvalue weighted by Crippen LogP contribution is 2.39. The van der Waals surface area contributed by atoms with Gasteiger partial charge in [-0.2, -0.15) is 0 Å². The van der Waals surface area contributed by atoms with Crippen molar-refractivity contribution in [3.8, 4) is 33.2 Å². The third kappa shape index (κ3) is 2.81. The molecule has 0 atom stereocenters. The van der Waals surface area contributed by atoms with Gasteiger partial charge in [0.1, 0.15) is 10.5 Å². The van der Waals surface area contributed by atoms with E-state index in [9.17, 15) is 0 Å². The van der Waals surface area contributed by atoms with E-state index in [2.05, 4.69) is 36.4 Å². The first-order chi connectivity index (χ1) is 14.9. The Morgan fingerprint density at radius 1 is 0.600 bits per heavy atom. The van der Waals surface area contributed by atoms with Gasteiger partial charge in [-0.1, -0.05) is 72.8 Å². The molecular formula is C26H16N2OS. The molecule has 4 aromatic carbocycles. The molecule has 0 aliphatic heterocycles. The van der Waals surface area contributed by atoms with E-state index >= 15 is 0 Å². The number of benzene rings is 4. The molecule has 0 saturated carbocycles. The van der Waals surface area contributed by atoms with Crippen LogP contribution in [0.25, 0.3) is 54.5 Å². The second kappa shape index (κ2) is 6.94. The maximum absolute atomic E-state index is 6.24. The number of hydrogen-bond donors (Lipinski definition) is 0. The van der Waals surface area contributed by atoms with Crippen molar-refractivity contribution >= 4 is 32.7 Å². The summed E-state index contributed by atoms with van der Waals surface area (Å²) >= 11 is 1.71. The maximum Gasteiger partial charge on any atom is 0.227 e. The van der Waals surface area contributed by atoms with Gasteiger partial charge in [-0.15, -0.1) is 11.3 Å². The summed E-state index contributed by atoms with van der Waals surface area (Å²) in [6.07, 6.45) is 0. The minimum Gasteiger partial charge on any atom is -0.435 e. The summed E-state index contributed by atoms with van der Waals surface area (Å²) in [7, 11) is 0. The van der Waals surface area contributed by atoms with Crippen LogP contribution in [0.5, 0.6) is 0 Å². The Kier molecular flexibility index (Phi) is 3.96. The SMILES string of the molecule is c1ccc(-c2nc3cccc(-c4cccc5sc(-c6ccccc6)nc45)c3o2)cc1. The third-order valence-corrected chi connectivity index (χ3v) is 6.24. The van der Waals surface area contributed by atoms with E-state index in [0.29, 0.717) is 5.89 Å². The zero-order valence-corrected chi connectivity index (χ0v) is 16.8. The zero-order chi connectivity index (χ0) is 19.9. The fourth-order valence-electron chi connectivity index (χ4n) is 3.74. The Bertz CT molecular complexity index is 1370. The van der Waals surface area contributed by atoms with Crippen LogP contribution in [0.2, 0.25) is 0 Å². The number of fused-ring (bicyclic) bond motifs is 2. The molecule has 0 spiro atoms. The first-order valence-corrected chi connectivity index (χ1v) is 10.6. The Labute approximate surface area is 177 Å². The van der Waals surface area contributed by atoms with Gasteiger partial charge in [0.2, 0.25) is 5.89 Å². The maximum atomic E-state index is 6.24. The minimum atomic E-state index is 0.633. The van der Waals surface area contributed by atoms with E-state index in [1.54, 1.807) is 11.3 Å². The lowest BCUT2D eigenvalue weighted by Crippen LogP contribution is -1.82. The van der Waals surface area contributed by atoms with Crippen LogP contribution in [0.1, 0.15) is 0 Å². The van der Waals surface area contributed by atoms with E-state index in [1.165, 1.54) is 0 Å². The molecule has 30 heavy (non-hydrogen) atoms. The molecule has 0 amide bonds. The lowest BCUT2D eigenvalue weighted by Gasteiger charge is -2.03. The highest BCUT2D eigenvalue weighted by atomic mass is 32.1. The Hall–Kier alpha value is -3.76. The van der Waals surface area contributed by atoms with Crippen molar-refractivity contribution in [2.24, 2.45) is 0 Å². The van der Waals surface area contributed by atoms with Crippen LogP contribution in [0.3, 0.4) is 0 Å². The molecule has 6 aromatic rings. The fraction of sp³-hybridized carbons (Fsp3) is 0. The lowest BCUT2D eigenvalue weighted by atomic mass is 10.0. The molecule has 0 N–H and O–H groups in total. The summed E-state index contributed by atoms with van der Waals surface area (Å²) < 4.78 is 7.40. The zero-order valence-electron chi connectivity index (χ0n) is 15.9. The van der Waals surface area contributed by atoms with E-state index < -0.39 is 0 Å². The molecule has 0 fully saturated rings. The van der Waals surface area contributed by atoms with Crippen LogP contribution in [0.4, 0.5) is 0 Å². The molecule has 0 bridgehead atoms. The van der Waals surface area contributed by atoms with Crippen molar-refractivity contribution in [2.75, 3.05) is 0 Å². The lowest BCUT2D eigenvalue weighted by molar-refractivity contribution is 0.621. The van der Waals surface area contributed by atoms with Gasteiger partial charge < -0.3 is 4.42 Å². The van der Waals surface area contributed by atoms with Gasteiger partial charge in [0.15, 0.2) is 5.58 Å². The van der Waals surface area contributed by atoms with Crippen LogP contribution >= 0.6 is 11.3 Å². The Morgan fingerprint density at radius 3 is 2.10 bits per heavy atom. The molecule has 0 radical (unpaired) electrons. The number of aromatic nitrogens is 2. The fourth-order valence-corrected chi connectivity index (χ4v) is 4.73. The first-order valence-electron chi connectivity index (χ1n) is 9.77.